The number of amides is 1. The normalized spacial score (nSPS) is 31.3. The lowest BCUT2D eigenvalue weighted by Gasteiger charge is -2.35. The maximum absolute atomic E-state index is 12.7. The van der Waals surface area contributed by atoms with E-state index in [1.165, 1.54) is 29.0 Å². The smallest absolute Gasteiger partial charge is 0.226 e. The summed E-state index contributed by atoms with van der Waals surface area (Å²) in [6, 6.07) is 4.51. The molecule has 3 nitrogen and oxygen atoms in total. The SMILES string of the molecule is CCCCc1ccc(C2CC2C(=O)N2CC(C)OC(C)C2)s1. The third-order valence-corrected chi connectivity index (χ3v) is 5.94. The minimum atomic E-state index is 0.160. The van der Waals surface area contributed by atoms with Crippen molar-refractivity contribution in [3.63, 3.8) is 0 Å². The number of hydrogen-bond acceptors (Lipinski definition) is 3. The first-order valence-corrected chi connectivity index (χ1v) is 9.43. The zero-order valence-electron chi connectivity index (χ0n) is 13.9. The van der Waals surface area contributed by atoms with Crippen LogP contribution in [0, 0.1) is 5.92 Å². The second-order valence-corrected chi connectivity index (χ2v) is 8.06. The topological polar surface area (TPSA) is 29.5 Å². The van der Waals surface area contributed by atoms with Crippen LogP contribution in [0.1, 0.15) is 55.7 Å². The highest BCUT2D eigenvalue weighted by molar-refractivity contribution is 7.12. The zero-order valence-corrected chi connectivity index (χ0v) is 14.7. The Morgan fingerprint density at radius 3 is 2.73 bits per heavy atom. The van der Waals surface area contributed by atoms with E-state index < -0.39 is 0 Å². The van der Waals surface area contributed by atoms with Crippen LogP contribution in [0.4, 0.5) is 0 Å². The summed E-state index contributed by atoms with van der Waals surface area (Å²) in [4.78, 5) is 17.6. The van der Waals surface area contributed by atoms with Crippen molar-refractivity contribution in [2.45, 2.75) is 64.6 Å². The molecule has 1 aromatic heterocycles. The monoisotopic (exact) mass is 321 g/mol. The quantitative estimate of drug-likeness (QED) is 0.825. The van der Waals surface area contributed by atoms with Crippen LogP contribution in [0.15, 0.2) is 12.1 Å². The second-order valence-electron chi connectivity index (χ2n) is 6.86. The predicted octanol–water partition coefficient (Wildman–Crippen LogP) is 3.83. The van der Waals surface area contributed by atoms with E-state index in [1.807, 2.05) is 16.2 Å². The van der Waals surface area contributed by atoms with Gasteiger partial charge in [0.1, 0.15) is 0 Å². The molecule has 0 aromatic carbocycles. The van der Waals surface area contributed by atoms with Crippen molar-refractivity contribution in [3.05, 3.63) is 21.9 Å². The van der Waals surface area contributed by atoms with Gasteiger partial charge >= 0.3 is 0 Å². The fourth-order valence-corrected chi connectivity index (χ4v) is 4.69. The fraction of sp³-hybridized carbons (Fsp3) is 0.722. The molecule has 0 N–H and O–H groups in total. The Morgan fingerprint density at radius 1 is 1.32 bits per heavy atom. The first-order chi connectivity index (χ1) is 10.6. The first-order valence-electron chi connectivity index (χ1n) is 8.61. The van der Waals surface area contributed by atoms with Crippen LogP contribution in [0.25, 0.3) is 0 Å². The molecular formula is C18H27NO2S. The Hall–Kier alpha value is -0.870. The lowest BCUT2D eigenvalue weighted by atomic mass is 10.2. The Kier molecular flexibility index (Phi) is 4.88. The van der Waals surface area contributed by atoms with E-state index in [1.54, 1.807) is 0 Å². The number of nitrogens with zero attached hydrogens (tertiary/aromatic N) is 1. The van der Waals surface area contributed by atoms with Crippen LogP contribution < -0.4 is 0 Å². The minimum absolute atomic E-state index is 0.160. The molecule has 0 spiro atoms. The number of thiophene rings is 1. The molecule has 3 rings (SSSR count). The maximum Gasteiger partial charge on any atom is 0.226 e. The van der Waals surface area contributed by atoms with Gasteiger partial charge in [-0.05, 0) is 45.2 Å². The van der Waals surface area contributed by atoms with Gasteiger partial charge in [-0.15, -0.1) is 11.3 Å². The molecule has 4 heteroatoms. The Labute approximate surface area is 137 Å². The average Bonchev–Trinajstić information content (AvgIpc) is 3.14. The van der Waals surface area contributed by atoms with E-state index in [4.69, 9.17) is 4.74 Å². The Morgan fingerprint density at radius 2 is 2.05 bits per heavy atom. The molecule has 1 aliphatic heterocycles. The molecule has 122 valence electrons. The number of rotatable bonds is 5. The van der Waals surface area contributed by atoms with Crippen molar-refractivity contribution in [1.82, 2.24) is 4.90 Å². The molecule has 1 aliphatic carbocycles. The molecule has 2 aliphatic rings. The van der Waals surface area contributed by atoms with E-state index in [9.17, 15) is 4.79 Å². The molecule has 2 fully saturated rings. The van der Waals surface area contributed by atoms with E-state index in [2.05, 4.69) is 32.9 Å². The number of carbonyl (C=O) groups is 1. The van der Waals surface area contributed by atoms with Crippen LogP contribution in [-0.4, -0.2) is 36.1 Å². The molecule has 0 bridgehead atoms. The van der Waals surface area contributed by atoms with Crippen LogP contribution in [0.5, 0.6) is 0 Å². The number of carbonyl (C=O) groups excluding carboxylic acids is 1. The molecular weight excluding hydrogens is 294 g/mol. The lowest BCUT2D eigenvalue weighted by molar-refractivity contribution is -0.144. The van der Waals surface area contributed by atoms with E-state index in [-0.39, 0.29) is 18.1 Å². The number of morpholine rings is 1. The van der Waals surface area contributed by atoms with Crippen LogP contribution in [0.2, 0.25) is 0 Å². The Bertz CT molecular complexity index is 517. The van der Waals surface area contributed by atoms with Crippen molar-refractivity contribution >= 4 is 17.2 Å². The highest BCUT2D eigenvalue weighted by Gasteiger charge is 2.47. The molecule has 0 radical (unpaired) electrons. The molecule has 1 aromatic rings. The van der Waals surface area contributed by atoms with Gasteiger partial charge in [0.25, 0.3) is 0 Å². The van der Waals surface area contributed by atoms with Gasteiger partial charge in [-0.1, -0.05) is 13.3 Å². The zero-order chi connectivity index (χ0) is 15.7. The van der Waals surface area contributed by atoms with Crippen molar-refractivity contribution < 1.29 is 9.53 Å². The third kappa shape index (κ3) is 3.54. The molecule has 22 heavy (non-hydrogen) atoms. The number of aryl methyl sites for hydroxylation is 1. The summed E-state index contributed by atoms with van der Waals surface area (Å²) in [5.74, 6) is 1.03. The summed E-state index contributed by atoms with van der Waals surface area (Å²) >= 11 is 1.92. The minimum Gasteiger partial charge on any atom is -0.372 e. The summed E-state index contributed by atoms with van der Waals surface area (Å²) in [7, 11) is 0. The van der Waals surface area contributed by atoms with E-state index in [0.29, 0.717) is 11.8 Å². The molecule has 1 saturated carbocycles. The molecule has 4 atom stereocenters. The van der Waals surface area contributed by atoms with Gasteiger partial charge in [-0.3, -0.25) is 4.79 Å². The van der Waals surface area contributed by atoms with Crippen molar-refractivity contribution in [2.75, 3.05) is 13.1 Å². The van der Waals surface area contributed by atoms with Crippen LogP contribution >= 0.6 is 11.3 Å². The lowest BCUT2D eigenvalue weighted by Crippen LogP contribution is -2.48. The second kappa shape index (κ2) is 6.71. The number of hydrogen-bond donors (Lipinski definition) is 0. The largest absolute Gasteiger partial charge is 0.372 e. The summed E-state index contributed by atoms with van der Waals surface area (Å²) in [5.41, 5.74) is 0. The van der Waals surface area contributed by atoms with Gasteiger partial charge in [-0.2, -0.15) is 0 Å². The highest BCUT2D eigenvalue weighted by atomic mass is 32.1. The maximum atomic E-state index is 12.7. The van der Waals surface area contributed by atoms with Gasteiger partial charge in [0.05, 0.1) is 12.2 Å². The van der Waals surface area contributed by atoms with Crippen molar-refractivity contribution in [1.29, 1.82) is 0 Å². The first kappa shape index (κ1) is 16.0. The van der Waals surface area contributed by atoms with Gasteiger partial charge in [-0.25, -0.2) is 0 Å². The van der Waals surface area contributed by atoms with Crippen molar-refractivity contribution in [3.8, 4) is 0 Å². The van der Waals surface area contributed by atoms with E-state index in [0.717, 1.165) is 19.5 Å². The summed E-state index contributed by atoms with van der Waals surface area (Å²) < 4.78 is 5.73. The summed E-state index contributed by atoms with van der Waals surface area (Å²) in [6.07, 6.45) is 5.04. The molecule has 1 saturated heterocycles. The van der Waals surface area contributed by atoms with Crippen LogP contribution in [0.3, 0.4) is 0 Å². The number of ether oxygens (including phenoxy) is 1. The van der Waals surface area contributed by atoms with Gasteiger partial charge in [0.15, 0.2) is 0 Å². The molecule has 1 amide bonds. The summed E-state index contributed by atoms with van der Waals surface area (Å²) in [5, 5.41) is 0. The highest BCUT2D eigenvalue weighted by Crippen LogP contribution is 2.50. The average molecular weight is 321 g/mol. The summed E-state index contributed by atoms with van der Waals surface area (Å²) in [6.45, 7) is 7.84. The third-order valence-electron chi connectivity index (χ3n) is 4.66. The molecule has 2 heterocycles. The van der Waals surface area contributed by atoms with Gasteiger partial charge in [0.2, 0.25) is 5.91 Å². The predicted molar refractivity (Wildman–Crippen MR) is 90.4 cm³/mol. The van der Waals surface area contributed by atoms with Gasteiger partial charge in [0, 0.05) is 34.7 Å². The van der Waals surface area contributed by atoms with Crippen LogP contribution in [-0.2, 0) is 16.0 Å². The Balaban J connectivity index is 1.57. The molecule has 4 unspecified atom stereocenters. The fourth-order valence-electron chi connectivity index (χ4n) is 3.45. The standard InChI is InChI=1S/C18H27NO2S/c1-4-5-6-14-7-8-17(22-14)15-9-16(15)18(20)19-10-12(2)21-13(3)11-19/h7-8,12-13,15-16H,4-6,9-11H2,1-3H3. The van der Waals surface area contributed by atoms with E-state index >= 15 is 0 Å². The number of unbranched alkanes of at least 4 members (excludes halogenated alkanes) is 1. The van der Waals surface area contributed by atoms with Gasteiger partial charge < -0.3 is 9.64 Å². The van der Waals surface area contributed by atoms with Crippen molar-refractivity contribution in [2.24, 2.45) is 5.92 Å².